The van der Waals surface area contributed by atoms with Crippen molar-refractivity contribution in [3.05, 3.63) is 35.9 Å². The van der Waals surface area contributed by atoms with Crippen LogP contribution in [0.4, 0.5) is 0 Å². The molecule has 0 saturated carbocycles. The molecule has 0 N–H and O–H groups in total. The first kappa shape index (κ1) is 19.7. The minimum Gasteiger partial charge on any atom is -0.0921 e. The van der Waals surface area contributed by atoms with Crippen molar-refractivity contribution in [2.24, 2.45) is 0 Å². The predicted octanol–water partition coefficient (Wildman–Crippen LogP) is 7.87. The Balaban J connectivity index is 1.94. The summed E-state index contributed by atoms with van der Waals surface area (Å²) in [5.74, 6) is 0.694. The molecule has 0 bridgehead atoms. The highest BCUT2D eigenvalue weighted by Gasteiger charge is 2.08. The lowest BCUT2D eigenvalue weighted by Crippen LogP contribution is -2.00. The molecule has 1 aromatic carbocycles. The van der Waals surface area contributed by atoms with Crippen molar-refractivity contribution in [1.82, 2.24) is 0 Å². The van der Waals surface area contributed by atoms with Crippen LogP contribution < -0.4 is 0 Å². The molecule has 1 atom stereocenters. The maximum atomic E-state index is 3.68. The lowest BCUT2D eigenvalue weighted by Gasteiger charge is -2.14. The average molecular weight is 367 g/mol. The van der Waals surface area contributed by atoms with Gasteiger partial charge in [-0.1, -0.05) is 124 Å². The van der Waals surface area contributed by atoms with Gasteiger partial charge in [0.05, 0.1) is 0 Å². The van der Waals surface area contributed by atoms with Crippen LogP contribution in [0.3, 0.4) is 0 Å². The minimum atomic E-state index is 0.694. The third kappa shape index (κ3) is 9.66. The highest BCUT2D eigenvalue weighted by Crippen LogP contribution is 2.24. The van der Waals surface area contributed by atoms with Gasteiger partial charge in [0, 0.05) is 5.33 Å². The van der Waals surface area contributed by atoms with Gasteiger partial charge in [-0.3, -0.25) is 0 Å². The van der Waals surface area contributed by atoms with Crippen LogP contribution in [0.2, 0.25) is 0 Å². The van der Waals surface area contributed by atoms with E-state index in [0.717, 1.165) is 5.33 Å². The number of halogens is 1. The lowest BCUT2D eigenvalue weighted by atomic mass is 9.94. The second kappa shape index (κ2) is 14.3. The van der Waals surface area contributed by atoms with Crippen LogP contribution in [0.15, 0.2) is 30.3 Å². The highest BCUT2D eigenvalue weighted by molar-refractivity contribution is 9.09. The molecule has 0 nitrogen and oxygen atoms in total. The van der Waals surface area contributed by atoms with E-state index in [1.807, 2.05) is 0 Å². The van der Waals surface area contributed by atoms with E-state index in [0.29, 0.717) is 5.92 Å². The van der Waals surface area contributed by atoms with Crippen LogP contribution >= 0.6 is 15.9 Å². The van der Waals surface area contributed by atoms with Crippen molar-refractivity contribution in [2.45, 2.75) is 89.9 Å². The largest absolute Gasteiger partial charge is 0.0921 e. The third-order valence-corrected chi connectivity index (χ3v) is 5.39. The molecule has 0 heterocycles. The van der Waals surface area contributed by atoms with E-state index >= 15 is 0 Å². The van der Waals surface area contributed by atoms with Gasteiger partial charge < -0.3 is 0 Å². The first-order chi connectivity index (χ1) is 10.9. The third-order valence-electron chi connectivity index (χ3n) is 4.61. The summed E-state index contributed by atoms with van der Waals surface area (Å²) in [6.45, 7) is 2.29. The van der Waals surface area contributed by atoms with Crippen molar-refractivity contribution in [1.29, 1.82) is 0 Å². The topological polar surface area (TPSA) is 0 Å². The second-order valence-corrected chi connectivity index (χ2v) is 7.23. The van der Waals surface area contributed by atoms with Crippen LogP contribution in [-0.4, -0.2) is 5.33 Å². The molecule has 0 saturated heterocycles. The summed E-state index contributed by atoms with van der Waals surface area (Å²) in [7, 11) is 0. The number of hydrogen-bond acceptors (Lipinski definition) is 0. The first-order valence-electron chi connectivity index (χ1n) is 9.49. The summed E-state index contributed by atoms with van der Waals surface area (Å²) >= 11 is 3.68. The summed E-state index contributed by atoms with van der Waals surface area (Å²) in [6, 6.07) is 11.0. The van der Waals surface area contributed by atoms with Gasteiger partial charge in [-0.2, -0.15) is 0 Å². The number of alkyl halides is 1. The van der Waals surface area contributed by atoms with Crippen molar-refractivity contribution in [3.8, 4) is 0 Å². The SMILES string of the molecule is CCCCCCCCCCCCCC(CBr)c1ccccc1. The molecular formula is C21H35Br. The molecule has 0 aromatic heterocycles. The molecule has 126 valence electrons. The fourth-order valence-corrected chi connectivity index (χ4v) is 3.81. The van der Waals surface area contributed by atoms with Gasteiger partial charge >= 0.3 is 0 Å². The van der Waals surface area contributed by atoms with Gasteiger partial charge in [0.1, 0.15) is 0 Å². The van der Waals surface area contributed by atoms with Crippen molar-refractivity contribution < 1.29 is 0 Å². The molecule has 1 aromatic rings. The Hall–Kier alpha value is -0.300. The Bertz CT molecular complexity index is 333. The molecule has 1 unspecified atom stereocenters. The Morgan fingerprint density at radius 2 is 1.23 bits per heavy atom. The molecule has 0 fully saturated rings. The maximum Gasteiger partial charge on any atom is 0.0100 e. The quantitative estimate of drug-likeness (QED) is 0.232. The second-order valence-electron chi connectivity index (χ2n) is 6.59. The number of benzene rings is 1. The molecule has 0 aliphatic carbocycles. The van der Waals surface area contributed by atoms with E-state index < -0.39 is 0 Å². The van der Waals surface area contributed by atoms with E-state index in [4.69, 9.17) is 0 Å². The summed E-state index contributed by atoms with van der Waals surface area (Å²) in [4.78, 5) is 0. The molecule has 0 amide bonds. The van der Waals surface area contributed by atoms with Crippen LogP contribution in [0, 0.1) is 0 Å². The maximum absolute atomic E-state index is 3.68. The normalized spacial score (nSPS) is 12.5. The van der Waals surface area contributed by atoms with Crippen LogP contribution in [0.5, 0.6) is 0 Å². The van der Waals surface area contributed by atoms with Gasteiger partial charge in [0.15, 0.2) is 0 Å². The van der Waals surface area contributed by atoms with Crippen LogP contribution in [-0.2, 0) is 0 Å². The summed E-state index contributed by atoms with van der Waals surface area (Å²) in [5, 5.41) is 1.09. The predicted molar refractivity (Wildman–Crippen MR) is 104 cm³/mol. The molecule has 0 radical (unpaired) electrons. The van der Waals surface area contributed by atoms with E-state index in [9.17, 15) is 0 Å². The molecule has 0 spiro atoms. The van der Waals surface area contributed by atoms with E-state index in [1.165, 1.54) is 82.6 Å². The van der Waals surface area contributed by atoms with Gasteiger partial charge in [-0.05, 0) is 17.9 Å². The van der Waals surface area contributed by atoms with E-state index in [-0.39, 0.29) is 0 Å². The van der Waals surface area contributed by atoms with Crippen molar-refractivity contribution >= 4 is 15.9 Å². The minimum absolute atomic E-state index is 0.694. The monoisotopic (exact) mass is 366 g/mol. The van der Waals surface area contributed by atoms with E-state index in [2.05, 4.69) is 53.2 Å². The summed E-state index contributed by atoms with van der Waals surface area (Å²) in [6.07, 6.45) is 17.0. The standard InChI is InChI=1S/C21H35Br/c1-2-3-4-5-6-7-8-9-10-11-13-18-21(19-22)20-16-14-12-15-17-20/h12,14-17,21H,2-11,13,18-19H2,1H3. The van der Waals surface area contributed by atoms with Crippen LogP contribution in [0.25, 0.3) is 0 Å². The number of unbranched alkanes of at least 4 members (excludes halogenated alkanes) is 10. The molecular weight excluding hydrogens is 332 g/mol. The zero-order chi connectivity index (χ0) is 15.9. The molecule has 22 heavy (non-hydrogen) atoms. The Morgan fingerprint density at radius 1 is 0.727 bits per heavy atom. The smallest absolute Gasteiger partial charge is 0.0100 e. The zero-order valence-corrected chi connectivity index (χ0v) is 16.1. The van der Waals surface area contributed by atoms with Crippen molar-refractivity contribution in [3.63, 3.8) is 0 Å². The Kier molecular flexibility index (Phi) is 12.8. The first-order valence-corrected chi connectivity index (χ1v) is 10.6. The zero-order valence-electron chi connectivity index (χ0n) is 14.5. The van der Waals surface area contributed by atoms with Crippen LogP contribution in [0.1, 0.15) is 95.5 Å². The van der Waals surface area contributed by atoms with E-state index in [1.54, 1.807) is 0 Å². The molecule has 1 rings (SSSR count). The summed E-state index contributed by atoms with van der Waals surface area (Å²) in [5.41, 5.74) is 1.49. The number of rotatable bonds is 14. The van der Waals surface area contributed by atoms with Gasteiger partial charge in [0.25, 0.3) is 0 Å². The van der Waals surface area contributed by atoms with Gasteiger partial charge in [-0.15, -0.1) is 0 Å². The lowest BCUT2D eigenvalue weighted by molar-refractivity contribution is 0.533. The molecule has 0 aliphatic heterocycles. The molecule has 1 heteroatoms. The fraction of sp³-hybridized carbons (Fsp3) is 0.714. The molecule has 0 aliphatic rings. The van der Waals surface area contributed by atoms with Gasteiger partial charge in [-0.25, -0.2) is 0 Å². The highest BCUT2D eigenvalue weighted by atomic mass is 79.9. The number of hydrogen-bond donors (Lipinski definition) is 0. The Morgan fingerprint density at radius 3 is 1.73 bits per heavy atom. The average Bonchev–Trinajstić information content (AvgIpc) is 2.57. The van der Waals surface area contributed by atoms with Crippen molar-refractivity contribution in [2.75, 3.05) is 5.33 Å². The Labute approximate surface area is 147 Å². The fourth-order valence-electron chi connectivity index (χ4n) is 3.11. The summed E-state index contributed by atoms with van der Waals surface area (Å²) < 4.78 is 0. The van der Waals surface area contributed by atoms with Gasteiger partial charge in [0.2, 0.25) is 0 Å².